The van der Waals surface area contributed by atoms with E-state index in [2.05, 4.69) is 13.0 Å². The number of rotatable bonds is 12. The highest BCUT2D eigenvalue weighted by atomic mass is 16.5. The number of nitrogens with zero attached hydrogens (tertiary/aromatic N) is 1. The Morgan fingerprint density at radius 3 is 2.03 bits per heavy atom. The average molecular weight is 420 g/mol. The van der Waals surface area contributed by atoms with Gasteiger partial charge in [0.15, 0.2) is 6.10 Å². The van der Waals surface area contributed by atoms with Crippen LogP contribution in [0.5, 0.6) is 0 Å². The van der Waals surface area contributed by atoms with Crippen LogP contribution in [0.15, 0.2) is 0 Å². The van der Waals surface area contributed by atoms with Crippen LogP contribution in [0.3, 0.4) is 0 Å². The van der Waals surface area contributed by atoms with Gasteiger partial charge in [-0.15, -0.1) is 0 Å². The predicted octanol–water partition coefficient (Wildman–Crippen LogP) is 6.82. The van der Waals surface area contributed by atoms with E-state index in [1.807, 2.05) is 13.8 Å². The molecule has 172 valence electrons. The Morgan fingerprint density at radius 1 is 0.900 bits per heavy atom. The third-order valence-corrected chi connectivity index (χ3v) is 7.32. The summed E-state index contributed by atoms with van der Waals surface area (Å²) in [5.41, 5.74) is 0. The van der Waals surface area contributed by atoms with Crippen LogP contribution in [-0.2, 0) is 14.3 Å². The molecule has 0 saturated heterocycles. The standard InChI is InChI=1S/C26H45NO3/c1-4-5-6-7-8-9-18-29-24-16-14-22(15-17-24)21-10-12-23(13-11-21)26(28)30-25(19-27)20(2)3/h20-25H,4-18H2,1-3H3. The number of carbonyl (C=O) groups excluding carboxylic acids is 1. The van der Waals surface area contributed by atoms with E-state index in [4.69, 9.17) is 14.7 Å². The summed E-state index contributed by atoms with van der Waals surface area (Å²) in [6.45, 7) is 7.05. The van der Waals surface area contributed by atoms with E-state index >= 15 is 0 Å². The average Bonchev–Trinajstić information content (AvgIpc) is 2.77. The van der Waals surface area contributed by atoms with Crippen LogP contribution in [-0.4, -0.2) is 24.8 Å². The molecule has 2 rings (SSSR count). The lowest BCUT2D eigenvalue weighted by Crippen LogP contribution is -2.32. The SMILES string of the molecule is CCCCCCCCOC1CCC(C2CCC(C(=O)OC(C#N)C(C)C)CC2)CC1. The van der Waals surface area contributed by atoms with Gasteiger partial charge < -0.3 is 9.47 Å². The van der Waals surface area contributed by atoms with Gasteiger partial charge in [-0.1, -0.05) is 52.9 Å². The van der Waals surface area contributed by atoms with E-state index in [0.717, 1.165) is 44.1 Å². The smallest absolute Gasteiger partial charge is 0.310 e. The summed E-state index contributed by atoms with van der Waals surface area (Å²) in [4.78, 5) is 12.4. The summed E-state index contributed by atoms with van der Waals surface area (Å²) in [6.07, 6.45) is 16.9. The Balaban J connectivity index is 1.58. The highest BCUT2D eigenvalue weighted by Gasteiger charge is 2.34. The molecule has 2 aliphatic carbocycles. The van der Waals surface area contributed by atoms with Crippen LogP contribution >= 0.6 is 0 Å². The molecule has 0 heterocycles. The molecule has 0 spiro atoms. The summed E-state index contributed by atoms with van der Waals surface area (Å²) in [7, 11) is 0. The van der Waals surface area contributed by atoms with Crippen molar-refractivity contribution in [1.82, 2.24) is 0 Å². The lowest BCUT2D eigenvalue weighted by atomic mass is 9.70. The highest BCUT2D eigenvalue weighted by Crippen LogP contribution is 2.41. The minimum Gasteiger partial charge on any atom is -0.446 e. The van der Waals surface area contributed by atoms with Crippen LogP contribution in [0.4, 0.5) is 0 Å². The van der Waals surface area contributed by atoms with Crippen molar-refractivity contribution >= 4 is 5.97 Å². The molecule has 4 heteroatoms. The molecule has 2 fully saturated rings. The van der Waals surface area contributed by atoms with Crippen LogP contribution in [0.25, 0.3) is 0 Å². The van der Waals surface area contributed by atoms with E-state index < -0.39 is 6.10 Å². The Bertz CT molecular complexity index is 511. The Hall–Kier alpha value is -1.08. The first kappa shape index (κ1) is 25.2. The summed E-state index contributed by atoms with van der Waals surface area (Å²) < 4.78 is 11.6. The van der Waals surface area contributed by atoms with Gasteiger partial charge in [0.2, 0.25) is 0 Å². The maximum Gasteiger partial charge on any atom is 0.310 e. The molecule has 0 bridgehead atoms. The molecule has 0 aliphatic heterocycles. The largest absolute Gasteiger partial charge is 0.446 e. The molecule has 0 aromatic carbocycles. The predicted molar refractivity (Wildman–Crippen MR) is 121 cm³/mol. The molecule has 2 aliphatic rings. The zero-order valence-electron chi connectivity index (χ0n) is 19.7. The van der Waals surface area contributed by atoms with Crippen LogP contribution < -0.4 is 0 Å². The van der Waals surface area contributed by atoms with E-state index in [1.165, 1.54) is 64.2 Å². The maximum atomic E-state index is 12.4. The maximum absolute atomic E-state index is 12.4. The molecule has 0 radical (unpaired) electrons. The van der Waals surface area contributed by atoms with Crippen molar-refractivity contribution in [2.45, 2.75) is 123 Å². The first-order chi connectivity index (χ1) is 14.5. The van der Waals surface area contributed by atoms with Crippen molar-refractivity contribution in [3.05, 3.63) is 0 Å². The topological polar surface area (TPSA) is 59.3 Å². The van der Waals surface area contributed by atoms with Crippen molar-refractivity contribution < 1.29 is 14.3 Å². The molecule has 0 aromatic rings. The fourth-order valence-corrected chi connectivity index (χ4v) is 5.22. The molecule has 4 nitrogen and oxygen atoms in total. The van der Waals surface area contributed by atoms with E-state index in [-0.39, 0.29) is 17.8 Å². The van der Waals surface area contributed by atoms with E-state index in [1.54, 1.807) is 0 Å². The van der Waals surface area contributed by atoms with Crippen molar-refractivity contribution in [3.63, 3.8) is 0 Å². The molecular weight excluding hydrogens is 374 g/mol. The van der Waals surface area contributed by atoms with Gasteiger partial charge in [0.1, 0.15) is 6.07 Å². The summed E-state index contributed by atoms with van der Waals surface area (Å²) >= 11 is 0. The second kappa shape index (κ2) is 14.1. The summed E-state index contributed by atoms with van der Waals surface area (Å²) in [5, 5.41) is 9.15. The van der Waals surface area contributed by atoms with E-state index in [0.29, 0.717) is 6.10 Å². The zero-order valence-corrected chi connectivity index (χ0v) is 19.7. The van der Waals surface area contributed by atoms with Crippen LogP contribution in [0.2, 0.25) is 0 Å². The Morgan fingerprint density at radius 2 is 1.47 bits per heavy atom. The van der Waals surface area contributed by atoms with Gasteiger partial charge in [-0.3, -0.25) is 4.79 Å². The fraction of sp³-hybridized carbons (Fsp3) is 0.923. The van der Waals surface area contributed by atoms with Gasteiger partial charge >= 0.3 is 5.97 Å². The van der Waals surface area contributed by atoms with Crippen molar-refractivity contribution in [3.8, 4) is 6.07 Å². The lowest BCUT2D eigenvalue weighted by molar-refractivity contribution is -0.154. The third-order valence-electron chi connectivity index (χ3n) is 7.32. The number of unbranched alkanes of at least 4 members (excludes halogenated alkanes) is 5. The van der Waals surface area contributed by atoms with Crippen molar-refractivity contribution in [2.24, 2.45) is 23.7 Å². The fourth-order valence-electron chi connectivity index (χ4n) is 5.22. The van der Waals surface area contributed by atoms with Gasteiger partial charge in [-0.25, -0.2) is 0 Å². The summed E-state index contributed by atoms with van der Waals surface area (Å²) in [5.74, 6) is 1.45. The van der Waals surface area contributed by atoms with Gasteiger partial charge in [0.25, 0.3) is 0 Å². The second-order valence-corrected chi connectivity index (χ2v) is 10.0. The molecule has 2 saturated carbocycles. The lowest BCUT2D eigenvalue weighted by Gasteiger charge is -2.37. The number of carbonyl (C=O) groups is 1. The molecule has 1 atom stereocenters. The van der Waals surface area contributed by atoms with Crippen molar-refractivity contribution in [2.75, 3.05) is 6.61 Å². The molecule has 0 amide bonds. The number of nitriles is 1. The Kier molecular flexibility index (Phi) is 11.8. The zero-order chi connectivity index (χ0) is 21.8. The first-order valence-corrected chi connectivity index (χ1v) is 12.8. The van der Waals surface area contributed by atoms with E-state index in [9.17, 15) is 4.79 Å². The normalized spacial score (nSPS) is 28.1. The van der Waals surface area contributed by atoms with Gasteiger partial charge in [0.05, 0.1) is 12.0 Å². The molecule has 0 aromatic heterocycles. The first-order valence-electron chi connectivity index (χ1n) is 12.8. The quantitative estimate of drug-likeness (QED) is 0.257. The minimum atomic E-state index is -0.609. The Labute approximate surface area is 185 Å². The van der Waals surface area contributed by atoms with Crippen LogP contribution in [0, 0.1) is 35.0 Å². The van der Waals surface area contributed by atoms with Gasteiger partial charge in [-0.2, -0.15) is 5.26 Å². The number of ether oxygens (including phenoxy) is 2. The van der Waals surface area contributed by atoms with Crippen molar-refractivity contribution in [1.29, 1.82) is 5.26 Å². The van der Waals surface area contributed by atoms with Gasteiger partial charge in [0, 0.05) is 12.5 Å². The highest BCUT2D eigenvalue weighted by molar-refractivity contribution is 5.73. The second-order valence-electron chi connectivity index (χ2n) is 10.0. The molecule has 30 heavy (non-hydrogen) atoms. The number of hydrogen-bond donors (Lipinski definition) is 0. The molecule has 0 N–H and O–H groups in total. The van der Waals surface area contributed by atoms with Crippen LogP contribution in [0.1, 0.15) is 111 Å². The number of esters is 1. The number of hydrogen-bond acceptors (Lipinski definition) is 4. The van der Waals surface area contributed by atoms with Gasteiger partial charge in [-0.05, 0) is 69.6 Å². The minimum absolute atomic E-state index is 0.00662. The molecule has 1 unspecified atom stereocenters. The monoisotopic (exact) mass is 419 g/mol. The molecular formula is C26H45NO3. The third kappa shape index (κ3) is 8.58. The summed E-state index contributed by atoms with van der Waals surface area (Å²) in [6, 6.07) is 2.11.